The van der Waals surface area contributed by atoms with E-state index < -0.39 is 17.7 Å². The number of phenolic OH excluding ortho intramolecular Hbond substituents is 2. The molecule has 0 fully saturated rings. The maximum Gasteiger partial charge on any atom is 0.310 e. The number of aliphatic carboxylic acids is 1. The zero-order valence-electron chi connectivity index (χ0n) is 11.3. The van der Waals surface area contributed by atoms with Gasteiger partial charge in [-0.25, -0.2) is 0 Å². The summed E-state index contributed by atoms with van der Waals surface area (Å²) >= 11 is 0. The molecule has 0 aromatic heterocycles. The van der Waals surface area contributed by atoms with E-state index >= 15 is 0 Å². The van der Waals surface area contributed by atoms with Gasteiger partial charge in [-0.2, -0.15) is 0 Å². The summed E-state index contributed by atoms with van der Waals surface area (Å²) in [7, 11) is 0. The molecular formula is C16H14O5. The van der Waals surface area contributed by atoms with Gasteiger partial charge in [0.05, 0.1) is 17.0 Å². The second-order valence-corrected chi connectivity index (χ2v) is 4.68. The Morgan fingerprint density at radius 3 is 2.14 bits per heavy atom. The fourth-order valence-corrected chi connectivity index (χ4v) is 1.96. The Bertz CT molecular complexity index is 706. The number of para-hydroxylation sites is 1. The first-order chi connectivity index (χ1) is 9.91. The molecule has 5 heteroatoms. The molecule has 0 saturated heterocycles. The number of carboxylic acid groups (broad SMARTS) is 1. The van der Waals surface area contributed by atoms with Crippen LogP contribution in [-0.2, 0) is 4.79 Å². The summed E-state index contributed by atoms with van der Waals surface area (Å²) in [5.74, 6) is -2.82. The van der Waals surface area contributed by atoms with Gasteiger partial charge in [-0.05, 0) is 36.8 Å². The highest BCUT2D eigenvalue weighted by molar-refractivity contribution is 6.12. The molecule has 2 aromatic rings. The van der Waals surface area contributed by atoms with Crippen LogP contribution in [0.2, 0.25) is 0 Å². The third kappa shape index (κ3) is 2.86. The Morgan fingerprint density at radius 1 is 0.952 bits per heavy atom. The lowest BCUT2D eigenvalue weighted by molar-refractivity contribution is -0.138. The van der Waals surface area contributed by atoms with Gasteiger partial charge in [0.1, 0.15) is 11.5 Å². The van der Waals surface area contributed by atoms with Crippen LogP contribution in [0.3, 0.4) is 0 Å². The fourth-order valence-electron chi connectivity index (χ4n) is 1.96. The third-order valence-corrected chi connectivity index (χ3v) is 3.29. The Hall–Kier alpha value is -2.82. The lowest BCUT2D eigenvalue weighted by atomic mass is 9.96. The average molecular weight is 286 g/mol. The highest BCUT2D eigenvalue weighted by Gasteiger charge is 2.20. The number of phenols is 2. The van der Waals surface area contributed by atoms with Crippen molar-refractivity contribution in [1.29, 1.82) is 0 Å². The van der Waals surface area contributed by atoms with E-state index in [-0.39, 0.29) is 22.6 Å². The van der Waals surface area contributed by atoms with Crippen molar-refractivity contribution in [3.8, 4) is 11.5 Å². The molecule has 5 nitrogen and oxygen atoms in total. The van der Waals surface area contributed by atoms with Gasteiger partial charge in [0, 0.05) is 0 Å². The molecule has 108 valence electrons. The summed E-state index contributed by atoms with van der Waals surface area (Å²) in [6.45, 7) is 1.49. The third-order valence-electron chi connectivity index (χ3n) is 3.29. The summed E-state index contributed by atoms with van der Waals surface area (Å²) < 4.78 is 0. The van der Waals surface area contributed by atoms with Crippen LogP contribution in [-0.4, -0.2) is 27.1 Å². The van der Waals surface area contributed by atoms with Crippen molar-refractivity contribution in [2.24, 2.45) is 0 Å². The molecule has 3 N–H and O–H groups in total. The fraction of sp³-hybridized carbons (Fsp3) is 0.125. The molecule has 1 atom stereocenters. The smallest absolute Gasteiger partial charge is 0.310 e. The van der Waals surface area contributed by atoms with E-state index in [1.165, 1.54) is 37.3 Å². The second kappa shape index (κ2) is 5.66. The molecular weight excluding hydrogens is 272 g/mol. The van der Waals surface area contributed by atoms with Crippen LogP contribution < -0.4 is 0 Å². The van der Waals surface area contributed by atoms with E-state index in [4.69, 9.17) is 5.11 Å². The number of carbonyl (C=O) groups excluding carboxylic acids is 1. The molecule has 0 heterocycles. The lowest BCUT2D eigenvalue weighted by Crippen LogP contribution is -2.08. The number of hydrogen-bond donors (Lipinski definition) is 3. The molecule has 0 aliphatic rings. The minimum atomic E-state index is -1.02. The van der Waals surface area contributed by atoms with Crippen molar-refractivity contribution in [3.63, 3.8) is 0 Å². The molecule has 2 aromatic carbocycles. The second-order valence-electron chi connectivity index (χ2n) is 4.68. The molecule has 0 aliphatic carbocycles. The molecule has 0 bridgehead atoms. The van der Waals surface area contributed by atoms with E-state index in [0.29, 0.717) is 5.56 Å². The van der Waals surface area contributed by atoms with E-state index in [1.807, 2.05) is 0 Å². The molecule has 2 rings (SSSR count). The minimum absolute atomic E-state index is 0.0119. The van der Waals surface area contributed by atoms with Crippen LogP contribution in [0.5, 0.6) is 11.5 Å². The van der Waals surface area contributed by atoms with Crippen LogP contribution in [0.1, 0.15) is 34.3 Å². The van der Waals surface area contributed by atoms with Crippen LogP contribution in [0.15, 0.2) is 42.5 Å². The number of ketones is 1. The molecule has 0 amide bonds. The highest BCUT2D eigenvalue weighted by atomic mass is 16.4. The Morgan fingerprint density at radius 2 is 1.57 bits per heavy atom. The zero-order chi connectivity index (χ0) is 15.6. The van der Waals surface area contributed by atoms with Gasteiger partial charge < -0.3 is 15.3 Å². The number of aromatic hydroxyl groups is 2. The van der Waals surface area contributed by atoms with Crippen molar-refractivity contribution < 1.29 is 24.9 Å². The van der Waals surface area contributed by atoms with Crippen molar-refractivity contribution in [2.75, 3.05) is 0 Å². The summed E-state index contributed by atoms with van der Waals surface area (Å²) in [6.07, 6.45) is 0. The van der Waals surface area contributed by atoms with Crippen LogP contribution in [0.4, 0.5) is 0 Å². The predicted octanol–water partition coefficient (Wildman–Crippen LogP) is 2.52. The van der Waals surface area contributed by atoms with Crippen molar-refractivity contribution >= 4 is 11.8 Å². The number of carbonyl (C=O) groups is 2. The standard InChI is InChI=1S/C16H14O5/c1-9(16(20)21)10-6-7-12(14(18)8-10)15(19)11-4-2-3-5-13(11)17/h2-9,17-18H,1H3,(H,20,21). The first-order valence-electron chi connectivity index (χ1n) is 6.30. The summed E-state index contributed by atoms with van der Waals surface area (Å²) in [5.41, 5.74) is 0.485. The van der Waals surface area contributed by atoms with Gasteiger partial charge in [-0.3, -0.25) is 9.59 Å². The first kappa shape index (κ1) is 14.6. The summed E-state index contributed by atoms with van der Waals surface area (Å²) in [6, 6.07) is 10.1. The number of hydrogen-bond acceptors (Lipinski definition) is 4. The van der Waals surface area contributed by atoms with Crippen LogP contribution in [0.25, 0.3) is 0 Å². The maximum atomic E-state index is 12.3. The van der Waals surface area contributed by atoms with E-state index in [2.05, 4.69) is 0 Å². The van der Waals surface area contributed by atoms with E-state index in [9.17, 15) is 19.8 Å². The molecule has 0 saturated carbocycles. The lowest BCUT2D eigenvalue weighted by Gasteiger charge is -2.10. The minimum Gasteiger partial charge on any atom is -0.507 e. The maximum absolute atomic E-state index is 12.3. The van der Waals surface area contributed by atoms with Crippen molar-refractivity contribution in [3.05, 3.63) is 59.2 Å². The van der Waals surface area contributed by atoms with Gasteiger partial charge >= 0.3 is 5.97 Å². The zero-order valence-corrected chi connectivity index (χ0v) is 11.3. The summed E-state index contributed by atoms with van der Waals surface area (Å²) in [4.78, 5) is 23.2. The normalized spacial score (nSPS) is 11.9. The molecule has 21 heavy (non-hydrogen) atoms. The average Bonchev–Trinajstić information content (AvgIpc) is 2.46. The van der Waals surface area contributed by atoms with Gasteiger partial charge in [0.2, 0.25) is 0 Å². The number of benzene rings is 2. The van der Waals surface area contributed by atoms with Crippen LogP contribution in [0, 0.1) is 0 Å². The number of carboxylic acids is 1. The monoisotopic (exact) mass is 286 g/mol. The Kier molecular flexibility index (Phi) is 3.93. The number of rotatable bonds is 4. The van der Waals surface area contributed by atoms with Crippen molar-refractivity contribution in [1.82, 2.24) is 0 Å². The largest absolute Gasteiger partial charge is 0.507 e. The van der Waals surface area contributed by atoms with Crippen LogP contribution >= 0.6 is 0 Å². The molecule has 1 unspecified atom stereocenters. The van der Waals surface area contributed by atoms with E-state index in [1.54, 1.807) is 12.1 Å². The predicted molar refractivity (Wildman–Crippen MR) is 75.7 cm³/mol. The van der Waals surface area contributed by atoms with Gasteiger partial charge in [0.25, 0.3) is 0 Å². The topological polar surface area (TPSA) is 94.8 Å². The van der Waals surface area contributed by atoms with Gasteiger partial charge in [-0.1, -0.05) is 18.2 Å². The quantitative estimate of drug-likeness (QED) is 0.751. The SMILES string of the molecule is CC(C(=O)O)c1ccc(C(=O)c2ccccc2O)c(O)c1. The first-order valence-corrected chi connectivity index (χ1v) is 6.30. The van der Waals surface area contributed by atoms with Gasteiger partial charge in [-0.15, -0.1) is 0 Å². The van der Waals surface area contributed by atoms with Gasteiger partial charge in [0.15, 0.2) is 5.78 Å². The Balaban J connectivity index is 2.40. The van der Waals surface area contributed by atoms with Crippen molar-refractivity contribution in [2.45, 2.75) is 12.8 Å². The van der Waals surface area contributed by atoms with E-state index in [0.717, 1.165) is 0 Å². The molecule has 0 spiro atoms. The Labute approximate surface area is 121 Å². The summed E-state index contributed by atoms with van der Waals surface area (Å²) in [5, 5.41) is 28.6. The molecule has 0 radical (unpaired) electrons. The molecule has 0 aliphatic heterocycles. The highest BCUT2D eigenvalue weighted by Crippen LogP contribution is 2.28.